The van der Waals surface area contributed by atoms with Crippen LogP contribution in [0.15, 0.2) is 42.5 Å². The molecule has 8 nitrogen and oxygen atoms in total. The van der Waals surface area contributed by atoms with E-state index < -0.39 is 28.5 Å². The van der Waals surface area contributed by atoms with E-state index in [4.69, 9.17) is 23.2 Å². The van der Waals surface area contributed by atoms with Gasteiger partial charge in [-0.05, 0) is 51.0 Å². The number of sulfonamides is 1. The number of carbonyl (C=O) groups is 3. The van der Waals surface area contributed by atoms with Crippen LogP contribution in [0.5, 0.6) is 0 Å². The van der Waals surface area contributed by atoms with E-state index in [1.165, 1.54) is 24.0 Å². The van der Waals surface area contributed by atoms with Gasteiger partial charge in [0.15, 0.2) is 5.78 Å². The summed E-state index contributed by atoms with van der Waals surface area (Å²) in [6, 6.07) is 9.92. The zero-order valence-electron chi connectivity index (χ0n) is 21.6. The van der Waals surface area contributed by atoms with Crippen LogP contribution in [-0.4, -0.2) is 55.8 Å². The van der Waals surface area contributed by atoms with Crippen LogP contribution in [0.2, 0.25) is 10.0 Å². The predicted octanol–water partition coefficient (Wildman–Crippen LogP) is 4.68. The van der Waals surface area contributed by atoms with Gasteiger partial charge in [-0.25, -0.2) is 8.42 Å². The SMILES string of the molecule is CCC(C)NC(=O)C(CC)N(Cc1c(Cl)cccc1Cl)C(=O)CN(c1cccc(C(C)=O)c1)S(C)(=O)=O. The van der Waals surface area contributed by atoms with E-state index in [-0.39, 0.29) is 36.4 Å². The molecule has 0 spiro atoms. The van der Waals surface area contributed by atoms with Gasteiger partial charge < -0.3 is 10.2 Å². The van der Waals surface area contributed by atoms with Crippen LogP contribution in [-0.2, 0) is 26.2 Å². The van der Waals surface area contributed by atoms with Crippen LogP contribution in [0.1, 0.15) is 56.5 Å². The van der Waals surface area contributed by atoms with Crippen LogP contribution < -0.4 is 9.62 Å². The molecule has 2 rings (SSSR count). The molecule has 1 N–H and O–H groups in total. The molecule has 2 aromatic carbocycles. The summed E-state index contributed by atoms with van der Waals surface area (Å²) in [7, 11) is -3.93. The maximum absolute atomic E-state index is 13.8. The number of nitrogens with zero attached hydrogens (tertiary/aromatic N) is 2. The van der Waals surface area contributed by atoms with Gasteiger partial charge >= 0.3 is 0 Å². The number of hydrogen-bond donors (Lipinski definition) is 1. The molecule has 0 saturated carbocycles. The van der Waals surface area contributed by atoms with E-state index in [0.29, 0.717) is 27.6 Å². The lowest BCUT2D eigenvalue weighted by atomic mass is 10.1. The first-order valence-electron chi connectivity index (χ1n) is 11.9. The van der Waals surface area contributed by atoms with E-state index in [1.54, 1.807) is 37.3 Å². The molecule has 37 heavy (non-hydrogen) atoms. The minimum Gasteiger partial charge on any atom is -0.352 e. The smallest absolute Gasteiger partial charge is 0.244 e. The molecule has 0 aliphatic carbocycles. The van der Waals surface area contributed by atoms with Crippen molar-refractivity contribution < 1.29 is 22.8 Å². The highest BCUT2D eigenvalue weighted by Gasteiger charge is 2.33. The lowest BCUT2D eigenvalue weighted by Gasteiger charge is -2.33. The Hall–Kier alpha value is -2.62. The second-order valence-corrected chi connectivity index (χ2v) is 11.6. The first kappa shape index (κ1) is 30.6. The van der Waals surface area contributed by atoms with Crippen LogP contribution in [0.3, 0.4) is 0 Å². The van der Waals surface area contributed by atoms with Gasteiger partial charge in [0, 0.05) is 33.8 Å². The fourth-order valence-electron chi connectivity index (χ4n) is 3.71. The van der Waals surface area contributed by atoms with Crippen molar-refractivity contribution in [3.05, 3.63) is 63.6 Å². The van der Waals surface area contributed by atoms with E-state index in [1.807, 2.05) is 13.8 Å². The summed E-state index contributed by atoms with van der Waals surface area (Å²) >= 11 is 12.7. The highest BCUT2D eigenvalue weighted by atomic mass is 35.5. The molecule has 0 saturated heterocycles. The Morgan fingerprint density at radius 2 is 1.59 bits per heavy atom. The van der Waals surface area contributed by atoms with E-state index in [2.05, 4.69) is 5.32 Å². The fourth-order valence-corrected chi connectivity index (χ4v) is 5.07. The number of amides is 2. The highest BCUT2D eigenvalue weighted by Crippen LogP contribution is 2.28. The minimum atomic E-state index is -3.93. The molecule has 202 valence electrons. The lowest BCUT2D eigenvalue weighted by Crippen LogP contribution is -2.53. The Balaban J connectivity index is 2.54. The van der Waals surface area contributed by atoms with E-state index in [9.17, 15) is 22.8 Å². The van der Waals surface area contributed by atoms with Crippen molar-refractivity contribution in [3.63, 3.8) is 0 Å². The monoisotopic (exact) mass is 569 g/mol. The Morgan fingerprint density at radius 3 is 2.11 bits per heavy atom. The number of ketones is 1. The second-order valence-electron chi connectivity index (χ2n) is 8.84. The molecule has 0 aliphatic rings. The average Bonchev–Trinajstić information content (AvgIpc) is 2.83. The molecule has 2 amide bonds. The van der Waals surface area contributed by atoms with Crippen LogP contribution >= 0.6 is 23.2 Å². The number of Topliss-reactive ketones (excluding diaryl/α,β-unsaturated/α-hetero) is 1. The number of nitrogens with one attached hydrogen (secondary N) is 1. The third-order valence-corrected chi connectivity index (χ3v) is 7.85. The Kier molecular flexibility index (Phi) is 11.0. The highest BCUT2D eigenvalue weighted by molar-refractivity contribution is 7.92. The number of halogens is 2. The Bertz CT molecular complexity index is 1230. The third-order valence-electron chi connectivity index (χ3n) is 6.00. The Morgan fingerprint density at radius 1 is 1.00 bits per heavy atom. The molecule has 0 aromatic heterocycles. The molecule has 0 bridgehead atoms. The van der Waals surface area contributed by atoms with Crippen molar-refractivity contribution in [3.8, 4) is 0 Å². The van der Waals surface area contributed by atoms with Crippen LogP contribution in [0, 0.1) is 0 Å². The maximum Gasteiger partial charge on any atom is 0.244 e. The van der Waals surface area contributed by atoms with Crippen molar-refractivity contribution in [2.75, 3.05) is 17.1 Å². The summed E-state index contributed by atoms with van der Waals surface area (Å²) in [5.41, 5.74) is 0.910. The first-order valence-corrected chi connectivity index (χ1v) is 14.5. The maximum atomic E-state index is 13.8. The number of hydrogen-bond acceptors (Lipinski definition) is 5. The molecule has 0 aliphatic heterocycles. The number of benzene rings is 2. The quantitative estimate of drug-likeness (QED) is 0.373. The van der Waals surface area contributed by atoms with Crippen LogP contribution in [0.4, 0.5) is 5.69 Å². The van der Waals surface area contributed by atoms with E-state index in [0.717, 1.165) is 10.6 Å². The molecule has 2 aromatic rings. The van der Waals surface area contributed by atoms with Gasteiger partial charge in [0.1, 0.15) is 12.6 Å². The molecular formula is C26H33Cl2N3O5S. The zero-order chi connectivity index (χ0) is 27.9. The van der Waals surface area contributed by atoms with E-state index >= 15 is 0 Å². The van der Waals surface area contributed by atoms with Crippen LogP contribution in [0.25, 0.3) is 0 Å². The number of carbonyl (C=O) groups excluding carboxylic acids is 3. The number of rotatable bonds is 12. The molecule has 0 radical (unpaired) electrons. The van der Waals surface area contributed by atoms with Gasteiger partial charge in [-0.15, -0.1) is 0 Å². The van der Waals surface area contributed by atoms with Crippen molar-refractivity contribution in [1.29, 1.82) is 0 Å². The van der Waals surface area contributed by atoms with Gasteiger partial charge in [0.25, 0.3) is 0 Å². The molecule has 11 heteroatoms. The lowest BCUT2D eigenvalue weighted by molar-refractivity contribution is -0.140. The summed E-state index contributed by atoms with van der Waals surface area (Å²) in [4.78, 5) is 40.1. The van der Waals surface area contributed by atoms with Crippen molar-refractivity contribution in [2.24, 2.45) is 0 Å². The average molecular weight is 571 g/mol. The minimum absolute atomic E-state index is 0.102. The zero-order valence-corrected chi connectivity index (χ0v) is 24.0. The van der Waals surface area contributed by atoms with Gasteiger partial charge in [0.05, 0.1) is 11.9 Å². The molecular weight excluding hydrogens is 537 g/mol. The van der Waals surface area contributed by atoms with Gasteiger partial charge in [0.2, 0.25) is 21.8 Å². The largest absolute Gasteiger partial charge is 0.352 e. The normalized spacial score (nSPS) is 12.9. The third kappa shape index (κ3) is 8.18. The number of anilines is 1. The molecule has 0 heterocycles. The van der Waals surface area contributed by atoms with Gasteiger partial charge in [-0.1, -0.05) is 55.2 Å². The predicted molar refractivity (Wildman–Crippen MR) is 148 cm³/mol. The Labute approximate surface area is 229 Å². The summed E-state index contributed by atoms with van der Waals surface area (Å²) < 4.78 is 26.4. The standard InChI is InChI=1S/C26H33Cl2N3O5S/c1-6-17(3)29-26(34)24(7-2)30(15-21-22(27)12-9-13-23(21)28)25(33)16-31(37(5,35)36)20-11-8-10-19(14-20)18(4)32/h8-14,17,24H,6-7,15-16H2,1-5H3,(H,29,34). The van der Waals surface area contributed by atoms with Crippen molar-refractivity contribution in [2.45, 2.75) is 59.2 Å². The summed E-state index contributed by atoms with van der Waals surface area (Å²) in [5.74, 6) is -1.23. The summed E-state index contributed by atoms with van der Waals surface area (Å²) in [6.45, 7) is 6.22. The van der Waals surface area contributed by atoms with Crippen molar-refractivity contribution in [1.82, 2.24) is 10.2 Å². The molecule has 2 unspecified atom stereocenters. The van der Waals surface area contributed by atoms with Gasteiger partial charge in [-0.3, -0.25) is 18.7 Å². The summed E-state index contributed by atoms with van der Waals surface area (Å²) in [5, 5.41) is 3.53. The van der Waals surface area contributed by atoms with Crippen molar-refractivity contribution >= 4 is 56.5 Å². The first-order chi connectivity index (χ1) is 17.3. The van der Waals surface area contributed by atoms with Gasteiger partial charge in [-0.2, -0.15) is 0 Å². The topological polar surface area (TPSA) is 104 Å². The molecule has 2 atom stereocenters. The summed E-state index contributed by atoms with van der Waals surface area (Å²) in [6.07, 6.45) is 1.94. The molecule has 0 fully saturated rings. The fraction of sp³-hybridized carbons (Fsp3) is 0.423. The second kappa shape index (κ2) is 13.3.